The molecule has 2 aromatic rings. The molecule has 0 fully saturated rings. The van der Waals surface area contributed by atoms with Crippen molar-refractivity contribution >= 4 is 21.5 Å². The van der Waals surface area contributed by atoms with Gasteiger partial charge in [0.1, 0.15) is 10.7 Å². The van der Waals surface area contributed by atoms with Crippen LogP contribution in [0.25, 0.3) is 0 Å². The highest BCUT2D eigenvalue weighted by Crippen LogP contribution is 2.21. The number of rotatable bonds is 6. The molecule has 2 rings (SSSR count). The summed E-state index contributed by atoms with van der Waals surface area (Å²) in [5.74, 6) is 0.354. The van der Waals surface area contributed by atoms with Gasteiger partial charge in [-0.25, -0.2) is 13.4 Å². The molecule has 6 nitrogen and oxygen atoms in total. The van der Waals surface area contributed by atoms with Crippen molar-refractivity contribution < 1.29 is 8.42 Å². The summed E-state index contributed by atoms with van der Waals surface area (Å²) in [7, 11) is -3.70. The van der Waals surface area contributed by atoms with Gasteiger partial charge in [-0.2, -0.15) is 0 Å². The maximum atomic E-state index is 12.5. The number of pyridine rings is 2. The molecule has 0 radical (unpaired) electrons. The second-order valence-corrected chi connectivity index (χ2v) is 6.22. The summed E-state index contributed by atoms with van der Waals surface area (Å²) in [6, 6.07) is 6.54. The first-order chi connectivity index (χ1) is 10.0. The molecule has 0 amide bonds. The molecule has 0 aliphatic heterocycles. The number of sulfonamides is 1. The van der Waals surface area contributed by atoms with Crippen molar-refractivity contribution in [1.82, 2.24) is 9.97 Å². The molecular weight excluding hydrogens is 288 g/mol. The van der Waals surface area contributed by atoms with Crippen molar-refractivity contribution in [2.45, 2.75) is 25.2 Å². The standard InChI is InChI=1S/C14H18N4O2S/c1-3-8-15-14-13(5-4-9-16-14)21(19,20)18-12-7-6-11(2)17-10-12/h4-7,9-10,18H,3,8H2,1-2H3,(H,15,16). The molecule has 0 bridgehead atoms. The maximum absolute atomic E-state index is 12.5. The molecule has 21 heavy (non-hydrogen) atoms. The van der Waals surface area contributed by atoms with Crippen LogP contribution in [0.2, 0.25) is 0 Å². The van der Waals surface area contributed by atoms with Crippen molar-refractivity contribution in [2.24, 2.45) is 0 Å². The van der Waals surface area contributed by atoms with Gasteiger partial charge >= 0.3 is 0 Å². The van der Waals surface area contributed by atoms with Crippen molar-refractivity contribution in [3.05, 3.63) is 42.4 Å². The SMILES string of the molecule is CCCNc1ncccc1S(=O)(=O)Nc1ccc(C)nc1. The Morgan fingerprint density at radius 3 is 2.67 bits per heavy atom. The van der Waals surface area contributed by atoms with E-state index in [0.29, 0.717) is 18.1 Å². The Kier molecular flexibility index (Phi) is 4.74. The first-order valence-corrected chi connectivity index (χ1v) is 8.15. The van der Waals surface area contributed by atoms with E-state index in [9.17, 15) is 8.42 Å². The lowest BCUT2D eigenvalue weighted by Crippen LogP contribution is -2.16. The van der Waals surface area contributed by atoms with Crippen LogP contribution < -0.4 is 10.0 Å². The minimum atomic E-state index is -3.70. The van der Waals surface area contributed by atoms with Gasteiger partial charge in [-0.1, -0.05) is 6.92 Å². The van der Waals surface area contributed by atoms with E-state index in [1.54, 1.807) is 24.4 Å². The monoisotopic (exact) mass is 306 g/mol. The molecule has 2 aromatic heterocycles. The second-order valence-electron chi connectivity index (χ2n) is 4.57. The van der Waals surface area contributed by atoms with Crippen molar-refractivity contribution in [2.75, 3.05) is 16.6 Å². The molecule has 0 aromatic carbocycles. The Balaban J connectivity index is 2.29. The fourth-order valence-electron chi connectivity index (χ4n) is 1.72. The van der Waals surface area contributed by atoms with Crippen molar-refractivity contribution in [1.29, 1.82) is 0 Å². The average molecular weight is 306 g/mol. The molecule has 0 unspecified atom stereocenters. The molecule has 7 heteroatoms. The Labute approximate surface area is 124 Å². The van der Waals surface area contributed by atoms with Gasteiger partial charge in [-0.05, 0) is 37.6 Å². The summed E-state index contributed by atoms with van der Waals surface area (Å²) in [4.78, 5) is 8.29. The molecule has 2 heterocycles. The Morgan fingerprint density at radius 2 is 2.00 bits per heavy atom. The summed E-state index contributed by atoms with van der Waals surface area (Å²) in [5.41, 5.74) is 1.25. The number of hydrogen-bond acceptors (Lipinski definition) is 5. The zero-order valence-corrected chi connectivity index (χ0v) is 12.8. The van der Waals surface area contributed by atoms with E-state index in [1.807, 2.05) is 13.8 Å². The minimum Gasteiger partial charge on any atom is -0.369 e. The van der Waals surface area contributed by atoms with E-state index in [-0.39, 0.29) is 4.90 Å². The fourth-order valence-corrected chi connectivity index (χ4v) is 2.90. The maximum Gasteiger partial charge on any atom is 0.265 e. The third kappa shape index (κ3) is 3.91. The minimum absolute atomic E-state index is 0.124. The smallest absolute Gasteiger partial charge is 0.265 e. The zero-order valence-electron chi connectivity index (χ0n) is 12.0. The van der Waals surface area contributed by atoms with Gasteiger partial charge in [0.2, 0.25) is 0 Å². The topological polar surface area (TPSA) is 84.0 Å². The Hall–Kier alpha value is -2.15. The quantitative estimate of drug-likeness (QED) is 0.856. The van der Waals surface area contributed by atoms with Crippen LogP contribution in [0, 0.1) is 6.92 Å². The normalized spacial score (nSPS) is 11.1. The van der Waals surface area contributed by atoms with Crippen LogP contribution in [-0.2, 0) is 10.0 Å². The van der Waals surface area contributed by atoms with Gasteiger partial charge in [0.25, 0.3) is 10.0 Å². The van der Waals surface area contributed by atoms with E-state index >= 15 is 0 Å². The van der Waals surface area contributed by atoms with Crippen LogP contribution in [0.4, 0.5) is 11.5 Å². The third-order valence-corrected chi connectivity index (χ3v) is 4.18. The molecule has 0 saturated carbocycles. The first-order valence-electron chi connectivity index (χ1n) is 6.67. The number of nitrogens with zero attached hydrogens (tertiary/aromatic N) is 2. The number of aryl methyl sites for hydroxylation is 1. The molecule has 0 saturated heterocycles. The first kappa shape index (κ1) is 15.2. The highest BCUT2D eigenvalue weighted by molar-refractivity contribution is 7.92. The largest absolute Gasteiger partial charge is 0.369 e. The summed E-state index contributed by atoms with van der Waals surface area (Å²) >= 11 is 0. The van der Waals surface area contributed by atoms with Gasteiger partial charge in [-0.15, -0.1) is 0 Å². The van der Waals surface area contributed by atoms with Crippen molar-refractivity contribution in [3.8, 4) is 0 Å². The molecular formula is C14H18N4O2S. The highest BCUT2D eigenvalue weighted by Gasteiger charge is 2.19. The lowest BCUT2D eigenvalue weighted by Gasteiger charge is -2.12. The summed E-state index contributed by atoms with van der Waals surface area (Å²) in [5, 5.41) is 3.02. The summed E-state index contributed by atoms with van der Waals surface area (Å²) in [6.07, 6.45) is 3.93. The van der Waals surface area contributed by atoms with E-state index in [0.717, 1.165) is 12.1 Å². The van der Waals surface area contributed by atoms with Crippen LogP contribution in [0.5, 0.6) is 0 Å². The zero-order chi connectivity index (χ0) is 15.3. The molecule has 0 aliphatic carbocycles. The van der Waals surface area contributed by atoms with Crippen LogP contribution in [0.1, 0.15) is 19.0 Å². The lowest BCUT2D eigenvalue weighted by atomic mass is 10.4. The van der Waals surface area contributed by atoms with E-state index in [4.69, 9.17) is 0 Å². The fraction of sp³-hybridized carbons (Fsp3) is 0.286. The third-order valence-electron chi connectivity index (χ3n) is 2.77. The average Bonchev–Trinajstić information content (AvgIpc) is 2.47. The van der Waals surface area contributed by atoms with E-state index in [1.165, 1.54) is 12.3 Å². The summed E-state index contributed by atoms with van der Waals surface area (Å²) < 4.78 is 27.4. The second kappa shape index (κ2) is 6.53. The number of aromatic nitrogens is 2. The van der Waals surface area contributed by atoms with Gasteiger partial charge in [0.05, 0.1) is 11.9 Å². The molecule has 2 N–H and O–H groups in total. The van der Waals surface area contributed by atoms with Gasteiger partial charge < -0.3 is 5.32 Å². The highest BCUT2D eigenvalue weighted by atomic mass is 32.2. The molecule has 0 spiro atoms. The predicted molar refractivity (Wildman–Crippen MR) is 82.8 cm³/mol. The van der Waals surface area contributed by atoms with Crippen molar-refractivity contribution in [3.63, 3.8) is 0 Å². The van der Waals surface area contributed by atoms with Gasteiger partial charge in [0, 0.05) is 18.4 Å². The van der Waals surface area contributed by atoms with E-state index in [2.05, 4.69) is 20.0 Å². The van der Waals surface area contributed by atoms with Crippen LogP contribution in [0.15, 0.2) is 41.6 Å². The number of hydrogen-bond donors (Lipinski definition) is 2. The molecule has 0 aliphatic rings. The predicted octanol–water partition coefficient (Wildman–Crippen LogP) is 2.41. The van der Waals surface area contributed by atoms with Gasteiger partial charge in [-0.3, -0.25) is 9.71 Å². The summed E-state index contributed by atoms with van der Waals surface area (Å²) in [6.45, 7) is 4.50. The number of anilines is 2. The van der Waals surface area contributed by atoms with E-state index < -0.39 is 10.0 Å². The van der Waals surface area contributed by atoms with Crippen LogP contribution >= 0.6 is 0 Å². The Bertz CT molecular complexity index is 699. The van der Waals surface area contributed by atoms with Crippen LogP contribution in [0.3, 0.4) is 0 Å². The van der Waals surface area contributed by atoms with Gasteiger partial charge in [0.15, 0.2) is 0 Å². The lowest BCUT2D eigenvalue weighted by molar-refractivity contribution is 0.601. The Morgan fingerprint density at radius 1 is 1.19 bits per heavy atom. The molecule has 0 atom stereocenters. The number of nitrogens with one attached hydrogen (secondary N) is 2. The van der Waals surface area contributed by atoms with Crippen LogP contribution in [-0.4, -0.2) is 24.9 Å². The molecule has 112 valence electrons.